The van der Waals surface area contributed by atoms with Gasteiger partial charge in [0, 0.05) is 32.3 Å². The number of halogens is 2. The van der Waals surface area contributed by atoms with E-state index in [-0.39, 0.29) is 22.4 Å². The van der Waals surface area contributed by atoms with Gasteiger partial charge in [-0.05, 0) is 32.0 Å². The van der Waals surface area contributed by atoms with Gasteiger partial charge in [0.15, 0.2) is 0 Å². The highest BCUT2D eigenvalue weighted by Crippen LogP contribution is 2.20. The molecule has 22 heavy (non-hydrogen) atoms. The zero-order valence-electron chi connectivity index (χ0n) is 12.6. The number of hydrogen-bond acceptors (Lipinski definition) is 2. The van der Waals surface area contributed by atoms with Crippen LogP contribution >= 0.6 is 11.6 Å². The minimum atomic E-state index is -0.473. The van der Waals surface area contributed by atoms with Crippen molar-refractivity contribution >= 4 is 23.4 Å². The Morgan fingerprint density at radius 2 is 1.73 bits per heavy atom. The summed E-state index contributed by atoms with van der Waals surface area (Å²) in [5.41, 5.74) is 1.23. The second-order valence-corrected chi connectivity index (χ2v) is 5.87. The fourth-order valence-corrected chi connectivity index (χ4v) is 2.55. The Bertz CT molecular complexity index is 619. The van der Waals surface area contributed by atoms with Crippen molar-refractivity contribution in [1.82, 2.24) is 9.80 Å². The van der Waals surface area contributed by atoms with Crippen LogP contribution in [-0.4, -0.2) is 47.8 Å². The average Bonchev–Trinajstić information content (AvgIpc) is 2.46. The minimum absolute atomic E-state index is 0.0353. The van der Waals surface area contributed by atoms with Crippen LogP contribution < -0.4 is 0 Å². The summed E-state index contributed by atoms with van der Waals surface area (Å²) in [5, 5.41) is 0.105. The van der Waals surface area contributed by atoms with E-state index in [1.54, 1.807) is 15.9 Å². The first-order valence-corrected chi connectivity index (χ1v) is 7.44. The first-order chi connectivity index (χ1) is 10.4. The molecule has 0 bridgehead atoms. The monoisotopic (exact) mass is 324 g/mol. The van der Waals surface area contributed by atoms with Gasteiger partial charge < -0.3 is 9.80 Å². The molecule has 2 amide bonds. The molecular formula is C16H18ClFN2O2. The third kappa shape index (κ3) is 3.85. The molecule has 1 fully saturated rings. The summed E-state index contributed by atoms with van der Waals surface area (Å²) < 4.78 is 13.0. The third-order valence-corrected chi connectivity index (χ3v) is 3.76. The van der Waals surface area contributed by atoms with Crippen molar-refractivity contribution in [2.75, 3.05) is 26.2 Å². The van der Waals surface area contributed by atoms with Gasteiger partial charge in [0.05, 0.1) is 10.6 Å². The van der Waals surface area contributed by atoms with E-state index in [4.69, 9.17) is 11.6 Å². The van der Waals surface area contributed by atoms with Crippen LogP contribution in [-0.2, 0) is 4.79 Å². The van der Waals surface area contributed by atoms with Gasteiger partial charge in [-0.2, -0.15) is 0 Å². The van der Waals surface area contributed by atoms with Crippen molar-refractivity contribution < 1.29 is 14.0 Å². The Labute approximate surface area is 134 Å². The number of rotatable bonds is 2. The standard InChI is InChI=1S/C16H18ClFN2O2/c1-11(2)9-15(21)19-5-7-20(8-6-19)16(22)13-4-3-12(18)10-14(13)17/h3-4,9-10H,5-8H2,1-2H3. The highest BCUT2D eigenvalue weighted by molar-refractivity contribution is 6.33. The summed E-state index contributed by atoms with van der Waals surface area (Å²) in [6, 6.07) is 3.73. The molecule has 0 saturated carbocycles. The molecule has 4 nitrogen and oxygen atoms in total. The van der Waals surface area contributed by atoms with Crippen molar-refractivity contribution in [2.24, 2.45) is 0 Å². The van der Waals surface area contributed by atoms with Gasteiger partial charge in [0.25, 0.3) is 5.91 Å². The lowest BCUT2D eigenvalue weighted by molar-refractivity contribution is -0.127. The SMILES string of the molecule is CC(C)=CC(=O)N1CCN(C(=O)c2ccc(F)cc2Cl)CC1. The normalized spacial score (nSPS) is 14.7. The van der Waals surface area contributed by atoms with Crippen LogP contribution in [0, 0.1) is 5.82 Å². The van der Waals surface area contributed by atoms with E-state index < -0.39 is 5.82 Å². The molecule has 0 aromatic heterocycles. The average molecular weight is 325 g/mol. The molecule has 0 atom stereocenters. The van der Waals surface area contributed by atoms with E-state index in [2.05, 4.69) is 0 Å². The van der Waals surface area contributed by atoms with Crippen molar-refractivity contribution in [3.63, 3.8) is 0 Å². The third-order valence-electron chi connectivity index (χ3n) is 3.45. The summed E-state index contributed by atoms with van der Waals surface area (Å²) in [4.78, 5) is 27.7. The molecule has 2 rings (SSSR count). The van der Waals surface area contributed by atoms with Gasteiger partial charge in [0.2, 0.25) is 5.91 Å². The van der Waals surface area contributed by atoms with Gasteiger partial charge >= 0.3 is 0 Å². The van der Waals surface area contributed by atoms with Gasteiger partial charge in [-0.1, -0.05) is 17.2 Å². The van der Waals surface area contributed by atoms with E-state index in [9.17, 15) is 14.0 Å². The molecule has 1 aliphatic heterocycles. The predicted molar refractivity (Wildman–Crippen MR) is 83.3 cm³/mol. The van der Waals surface area contributed by atoms with Crippen LogP contribution in [0.3, 0.4) is 0 Å². The molecule has 0 radical (unpaired) electrons. The maximum Gasteiger partial charge on any atom is 0.255 e. The number of hydrogen-bond donors (Lipinski definition) is 0. The van der Waals surface area contributed by atoms with Crippen LogP contribution in [0.1, 0.15) is 24.2 Å². The number of carbonyl (C=O) groups excluding carboxylic acids is 2. The summed E-state index contributed by atoms with van der Waals surface area (Å²) in [6.07, 6.45) is 1.59. The first kappa shape index (κ1) is 16.5. The van der Waals surface area contributed by atoms with Crippen molar-refractivity contribution in [3.8, 4) is 0 Å². The molecule has 1 aliphatic rings. The second kappa shape index (κ2) is 6.92. The minimum Gasteiger partial charge on any atom is -0.336 e. The van der Waals surface area contributed by atoms with Crippen molar-refractivity contribution in [3.05, 3.63) is 46.3 Å². The number of carbonyl (C=O) groups is 2. The maximum atomic E-state index is 13.0. The van der Waals surface area contributed by atoms with Gasteiger partial charge in [-0.15, -0.1) is 0 Å². The summed E-state index contributed by atoms with van der Waals surface area (Å²) in [5.74, 6) is -0.745. The molecule has 1 aromatic rings. The summed E-state index contributed by atoms with van der Waals surface area (Å²) in [6.45, 7) is 5.58. The number of amides is 2. The Morgan fingerprint density at radius 3 is 2.27 bits per heavy atom. The Balaban J connectivity index is 2.01. The highest BCUT2D eigenvalue weighted by atomic mass is 35.5. The van der Waals surface area contributed by atoms with E-state index >= 15 is 0 Å². The van der Waals surface area contributed by atoms with Gasteiger partial charge in [-0.25, -0.2) is 4.39 Å². The van der Waals surface area contributed by atoms with E-state index in [0.717, 1.165) is 11.6 Å². The molecule has 0 N–H and O–H groups in total. The quantitative estimate of drug-likeness (QED) is 0.785. The molecule has 1 heterocycles. The molecule has 1 aromatic carbocycles. The van der Waals surface area contributed by atoms with E-state index in [1.807, 2.05) is 13.8 Å². The van der Waals surface area contributed by atoms with E-state index in [1.165, 1.54) is 12.1 Å². The maximum absolute atomic E-state index is 13.0. The Kier molecular flexibility index (Phi) is 5.19. The number of nitrogens with zero attached hydrogens (tertiary/aromatic N) is 2. The van der Waals surface area contributed by atoms with Gasteiger partial charge in [0.1, 0.15) is 5.82 Å². The fraction of sp³-hybridized carbons (Fsp3) is 0.375. The Hall–Kier alpha value is -1.88. The van der Waals surface area contributed by atoms with Crippen LogP contribution in [0.5, 0.6) is 0 Å². The zero-order chi connectivity index (χ0) is 16.3. The summed E-state index contributed by atoms with van der Waals surface area (Å²) >= 11 is 5.92. The molecular weight excluding hydrogens is 307 g/mol. The Morgan fingerprint density at radius 1 is 1.14 bits per heavy atom. The fourth-order valence-electron chi connectivity index (χ4n) is 2.30. The zero-order valence-corrected chi connectivity index (χ0v) is 13.4. The number of benzene rings is 1. The van der Waals surface area contributed by atoms with Crippen molar-refractivity contribution in [1.29, 1.82) is 0 Å². The lowest BCUT2D eigenvalue weighted by atomic mass is 10.1. The molecule has 1 saturated heterocycles. The lowest BCUT2D eigenvalue weighted by Crippen LogP contribution is -2.50. The van der Waals surface area contributed by atoms with Crippen LogP contribution in [0.4, 0.5) is 4.39 Å². The van der Waals surface area contributed by atoms with Crippen LogP contribution in [0.25, 0.3) is 0 Å². The number of allylic oxidation sites excluding steroid dienone is 1. The summed E-state index contributed by atoms with van der Waals surface area (Å²) in [7, 11) is 0. The number of piperazine rings is 1. The molecule has 0 spiro atoms. The smallest absolute Gasteiger partial charge is 0.255 e. The van der Waals surface area contributed by atoms with Gasteiger partial charge in [-0.3, -0.25) is 9.59 Å². The second-order valence-electron chi connectivity index (χ2n) is 5.46. The largest absolute Gasteiger partial charge is 0.336 e. The molecule has 0 aliphatic carbocycles. The van der Waals surface area contributed by atoms with E-state index in [0.29, 0.717) is 26.2 Å². The van der Waals surface area contributed by atoms with Crippen LogP contribution in [0.15, 0.2) is 29.8 Å². The lowest BCUT2D eigenvalue weighted by Gasteiger charge is -2.34. The van der Waals surface area contributed by atoms with Crippen LogP contribution in [0.2, 0.25) is 5.02 Å². The predicted octanol–water partition coefficient (Wildman–Crippen LogP) is 2.73. The first-order valence-electron chi connectivity index (χ1n) is 7.06. The molecule has 0 unspecified atom stereocenters. The molecule has 118 valence electrons. The molecule has 6 heteroatoms. The highest BCUT2D eigenvalue weighted by Gasteiger charge is 2.25. The van der Waals surface area contributed by atoms with Crippen molar-refractivity contribution in [2.45, 2.75) is 13.8 Å². The topological polar surface area (TPSA) is 40.6 Å².